The SMILES string of the molecule is Cc1cc(CCCCCCCOc2ccc(-c3nc(C)co3)cc2)on1. The molecule has 0 fully saturated rings. The summed E-state index contributed by atoms with van der Waals surface area (Å²) >= 11 is 0. The molecule has 0 N–H and O–H groups in total. The maximum atomic E-state index is 5.81. The largest absolute Gasteiger partial charge is 0.494 e. The van der Waals surface area contributed by atoms with Crippen LogP contribution in [0.4, 0.5) is 0 Å². The van der Waals surface area contributed by atoms with Crippen LogP contribution in [-0.4, -0.2) is 16.7 Å². The standard InChI is InChI=1S/C21H26N2O3/c1-16-14-20(26-23-16)8-6-4-3-5-7-13-24-19-11-9-18(10-12-19)21-22-17(2)15-25-21/h9-12,14-15H,3-8,13H2,1-2H3. The van der Waals surface area contributed by atoms with Gasteiger partial charge in [0, 0.05) is 18.1 Å². The maximum absolute atomic E-state index is 5.81. The number of nitrogens with zero attached hydrogens (tertiary/aromatic N) is 2. The zero-order valence-corrected chi connectivity index (χ0v) is 15.5. The lowest BCUT2D eigenvalue weighted by Gasteiger charge is -2.06. The predicted octanol–water partition coefficient (Wildman–Crippen LogP) is 5.52. The van der Waals surface area contributed by atoms with E-state index in [0.29, 0.717) is 5.89 Å². The summed E-state index contributed by atoms with van der Waals surface area (Å²) in [6, 6.07) is 9.91. The third kappa shape index (κ3) is 5.48. The van der Waals surface area contributed by atoms with Gasteiger partial charge in [-0.25, -0.2) is 4.98 Å². The van der Waals surface area contributed by atoms with Crippen LogP contribution >= 0.6 is 0 Å². The Morgan fingerprint density at radius 1 is 0.923 bits per heavy atom. The Kier molecular flexibility index (Phi) is 6.47. The van der Waals surface area contributed by atoms with Gasteiger partial charge >= 0.3 is 0 Å². The number of unbranched alkanes of at least 4 members (excludes halogenated alkanes) is 4. The number of aryl methyl sites for hydroxylation is 3. The zero-order valence-electron chi connectivity index (χ0n) is 15.5. The van der Waals surface area contributed by atoms with Gasteiger partial charge in [0.2, 0.25) is 5.89 Å². The van der Waals surface area contributed by atoms with Gasteiger partial charge in [0.15, 0.2) is 0 Å². The van der Waals surface area contributed by atoms with Crippen LogP contribution in [0.1, 0.15) is 49.3 Å². The number of benzene rings is 1. The van der Waals surface area contributed by atoms with E-state index in [9.17, 15) is 0 Å². The molecule has 0 bridgehead atoms. The van der Waals surface area contributed by atoms with Crippen molar-refractivity contribution in [1.82, 2.24) is 10.1 Å². The highest BCUT2D eigenvalue weighted by atomic mass is 16.5. The van der Waals surface area contributed by atoms with E-state index in [4.69, 9.17) is 13.7 Å². The van der Waals surface area contributed by atoms with Crippen molar-refractivity contribution in [1.29, 1.82) is 0 Å². The molecule has 0 atom stereocenters. The Morgan fingerprint density at radius 2 is 1.69 bits per heavy atom. The van der Waals surface area contributed by atoms with Gasteiger partial charge in [0.05, 0.1) is 18.0 Å². The average Bonchev–Trinajstić information content (AvgIpc) is 3.26. The molecule has 0 radical (unpaired) electrons. The normalized spacial score (nSPS) is 11.0. The van der Waals surface area contributed by atoms with Crippen LogP contribution in [-0.2, 0) is 6.42 Å². The van der Waals surface area contributed by atoms with Crippen LogP contribution in [0.5, 0.6) is 5.75 Å². The Labute approximate surface area is 154 Å². The van der Waals surface area contributed by atoms with Crippen molar-refractivity contribution in [2.24, 2.45) is 0 Å². The van der Waals surface area contributed by atoms with Gasteiger partial charge < -0.3 is 13.7 Å². The molecule has 5 heteroatoms. The summed E-state index contributed by atoms with van der Waals surface area (Å²) in [6.45, 7) is 4.62. The number of rotatable bonds is 10. The van der Waals surface area contributed by atoms with Crippen LogP contribution < -0.4 is 4.74 Å². The molecule has 0 saturated carbocycles. The van der Waals surface area contributed by atoms with Gasteiger partial charge in [-0.2, -0.15) is 0 Å². The zero-order chi connectivity index (χ0) is 18.2. The second-order valence-electron chi connectivity index (χ2n) is 6.62. The first-order chi connectivity index (χ1) is 12.7. The minimum absolute atomic E-state index is 0.648. The smallest absolute Gasteiger partial charge is 0.226 e. The first-order valence-electron chi connectivity index (χ1n) is 9.28. The molecule has 0 amide bonds. The van der Waals surface area contributed by atoms with Crippen LogP contribution in [0.3, 0.4) is 0 Å². The molecular weight excluding hydrogens is 328 g/mol. The van der Waals surface area contributed by atoms with E-state index < -0.39 is 0 Å². The van der Waals surface area contributed by atoms with Gasteiger partial charge in [-0.15, -0.1) is 0 Å². The lowest BCUT2D eigenvalue weighted by atomic mass is 10.1. The van der Waals surface area contributed by atoms with Gasteiger partial charge in [-0.3, -0.25) is 0 Å². The van der Waals surface area contributed by atoms with Crippen LogP contribution in [0, 0.1) is 13.8 Å². The predicted molar refractivity (Wildman–Crippen MR) is 100 cm³/mol. The highest BCUT2D eigenvalue weighted by Crippen LogP contribution is 2.22. The summed E-state index contributed by atoms with van der Waals surface area (Å²) < 4.78 is 16.4. The fourth-order valence-corrected chi connectivity index (χ4v) is 2.84. The van der Waals surface area contributed by atoms with E-state index in [-0.39, 0.29) is 0 Å². The number of oxazole rings is 1. The molecule has 0 spiro atoms. The van der Waals surface area contributed by atoms with E-state index in [0.717, 1.165) is 54.3 Å². The summed E-state index contributed by atoms with van der Waals surface area (Å²) in [6.07, 6.45) is 8.48. The molecule has 3 rings (SSSR count). The summed E-state index contributed by atoms with van der Waals surface area (Å²) in [4.78, 5) is 4.33. The highest BCUT2D eigenvalue weighted by Gasteiger charge is 2.04. The molecule has 138 valence electrons. The third-order valence-corrected chi connectivity index (χ3v) is 4.23. The lowest BCUT2D eigenvalue weighted by Crippen LogP contribution is -1.97. The second kappa shape index (κ2) is 9.22. The van der Waals surface area contributed by atoms with Crippen molar-refractivity contribution in [3.63, 3.8) is 0 Å². The second-order valence-corrected chi connectivity index (χ2v) is 6.62. The van der Waals surface area contributed by atoms with Crippen LogP contribution in [0.2, 0.25) is 0 Å². The first kappa shape index (κ1) is 18.2. The summed E-state index contributed by atoms with van der Waals surface area (Å²) in [7, 11) is 0. The quantitative estimate of drug-likeness (QED) is 0.449. The average molecular weight is 354 g/mol. The summed E-state index contributed by atoms with van der Waals surface area (Å²) in [5.41, 5.74) is 2.81. The first-order valence-corrected chi connectivity index (χ1v) is 9.28. The third-order valence-electron chi connectivity index (χ3n) is 4.23. The van der Waals surface area contributed by atoms with Crippen molar-refractivity contribution < 1.29 is 13.7 Å². The van der Waals surface area contributed by atoms with Gasteiger partial charge in [0.1, 0.15) is 17.8 Å². The van der Waals surface area contributed by atoms with Crippen molar-refractivity contribution in [3.8, 4) is 17.2 Å². The summed E-state index contributed by atoms with van der Waals surface area (Å²) in [5, 5.41) is 3.91. The van der Waals surface area contributed by atoms with Crippen LogP contribution in [0.25, 0.3) is 11.5 Å². The minimum Gasteiger partial charge on any atom is -0.494 e. The number of hydrogen-bond donors (Lipinski definition) is 0. The van der Waals surface area contributed by atoms with Crippen LogP contribution in [0.15, 0.2) is 45.5 Å². The maximum Gasteiger partial charge on any atom is 0.226 e. The van der Waals surface area contributed by atoms with E-state index in [1.54, 1.807) is 6.26 Å². The Balaban J connectivity index is 1.26. The molecule has 1 aromatic carbocycles. The molecule has 0 aliphatic rings. The molecule has 0 unspecified atom stereocenters. The van der Waals surface area contributed by atoms with E-state index in [1.807, 2.05) is 44.2 Å². The molecule has 2 heterocycles. The molecule has 3 aromatic rings. The lowest BCUT2D eigenvalue weighted by molar-refractivity contribution is 0.304. The number of aromatic nitrogens is 2. The van der Waals surface area contributed by atoms with E-state index in [2.05, 4.69) is 10.1 Å². The molecule has 0 aliphatic carbocycles. The Morgan fingerprint density at radius 3 is 2.38 bits per heavy atom. The Bertz CT molecular complexity index is 790. The van der Waals surface area contributed by atoms with E-state index in [1.165, 1.54) is 19.3 Å². The van der Waals surface area contributed by atoms with Gasteiger partial charge in [0.25, 0.3) is 0 Å². The van der Waals surface area contributed by atoms with Crippen molar-refractivity contribution in [3.05, 3.63) is 53.7 Å². The molecule has 0 aliphatic heterocycles. The molecular formula is C21H26N2O3. The number of ether oxygens (including phenoxy) is 1. The van der Waals surface area contributed by atoms with Crippen molar-refractivity contribution in [2.75, 3.05) is 6.61 Å². The Hall–Kier alpha value is -2.56. The molecule has 2 aromatic heterocycles. The fraction of sp³-hybridized carbons (Fsp3) is 0.429. The fourth-order valence-electron chi connectivity index (χ4n) is 2.84. The van der Waals surface area contributed by atoms with Gasteiger partial charge in [-0.05, 0) is 51.0 Å². The summed E-state index contributed by atoms with van der Waals surface area (Å²) in [5.74, 6) is 2.53. The highest BCUT2D eigenvalue weighted by molar-refractivity contribution is 5.54. The molecule has 5 nitrogen and oxygen atoms in total. The molecule has 26 heavy (non-hydrogen) atoms. The topological polar surface area (TPSA) is 61.3 Å². The van der Waals surface area contributed by atoms with E-state index >= 15 is 0 Å². The molecule has 0 saturated heterocycles. The van der Waals surface area contributed by atoms with Crippen molar-refractivity contribution >= 4 is 0 Å². The van der Waals surface area contributed by atoms with Gasteiger partial charge in [-0.1, -0.05) is 24.4 Å². The monoisotopic (exact) mass is 354 g/mol. The number of hydrogen-bond acceptors (Lipinski definition) is 5. The minimum atomic E-state index is 0.648. The van der Waals surface area contributed by atoms with Crippen molar-refractivity contribution in [2.45, 2.75) is 52.4 Å².